The van der Waals surface area contributed by atoms with E-state index in [1.807, 2.05) is 0 Å². The molecule has 1 aromatic heterocycles. The van der Waals surface area contributed by atoms with Crippen molar-refractivity contribution in [3.05, 3.63) is 29.1 Å². The van der Waals surface area contributed by atoms with E-state index in [4.69, 9.17) is 14.6 Å². The van der Waals surface area contributed by atoms with Crippen LogP contribution in [0.15, 0.2) is 12.3 Å². The molecule has 74 valence electrons. The van der Waals surface area contributed by atoms with Crippen LogP contribution in [0.4, 0.5) is 0 Å². The Morgan fingerprint density at radius 1 is 1.79 bits per heavy atom. The van der Waals surface area contributed by atoms with Crippen LogP contribution in [0.5, 0.6) is 0 Å². The summed E-state index contributed by atoms with van der Waals surface area (Å²) in [4.78, 5) is 14.7. The first kappa shape index (κ1) is 9.11. The van der Waals surface area contributed by atoms with Crippen molar-refractivity contribution in [2.24, 2.45) is 0 Å². The molecule has 2 heterocycles. The molecule has 2 rings (SSSR count). The Morgan fingerprint density at radius 3 is 3.21 bits per heavy atom. The molecule has 0 saturated heterocycles. The number of pyridine rings is 1. The first-order valence-electron chi connectivity index (χ1n) is 4.09. The fourth-order valence-electron chi connectivity index (χ4n) is 1.39. The van der Waals surface area contributed by atoms with Gasteiger partial charge < -0.3 is 14.6 Å². The highest BCUT2D eigenvalue weighted by molar-refractivity contribution is 5.87. The van der Waals surface area contributed by atoms with E-state index in [9.17, 15) is 4.79 Å². The molecule has 1 aliphatic heterocycles. The number of carboxylic acid groups (broad SMARTS) is 1. The van der Waals surface area contributed by atoms with Crippen LogP contribution in [-0.2, 0) is 16.1 Å². The molecule has 1 aromatic rings. The van der Waals surface area contributed by atoms with Gasteiger partial charge in [-0.25, -0.2) is 4.79 Å². The molecule has 0 fully saturated rings. The summed E-state index contributed by atoms with van der Waals surface area (Å²) in [5.74, 6) is -0.998. The Morgan fingerprint density at radius 2 is 2.57 bits per heavy atom. The highest BCUT2D eigenvalue weighted by atomic mass is 16.7. The summed E-state index contributed by atoms with van der Waals surface area (Å²) in [6, 6.07) is 1.53. The molecular weight excluding hydrogens is 186 g/mol. The molecule has 0 radical (unpaired) electrons. The maximum atomic E-state index is 10.7. The van der Waals surface area contributed by atoms with E-state index in [0.717, 1.165) is 5.69 Å². The van der Waals surface area contributed by atoms with Gasteiger partial charge in [0, 0.05) is 18.9 Å². The molecule has 1 atom stereocenters. The standard InChI is InChI=1S/C9H9NO4/c1-13-9-6-2-5(8(11)12)3-10-7(6)4-14-9/h2-3,9H,4H2,1H3,(H,11,12)/t9-/m1/s1. The van der Waals surface area contributed by atoms with Gasteiger partial charge in [0.05, 0.1) is 17.9 Å². The van der Waals surface area contributed by atoms with Gasteiger partial charge in [-0.2, -0.15) is 0 Å². The van der Waals surface area contributed by atoms with E-state index < -0.39 is 12.3 Å². The number of aromatic nitrogens is 1. The molecule has 5 heteroatoms. The number of aromatic carboxylic acids is 1. The number of hydrogen-bond donors (Lipinski definition) is 1. The summed E-state index contributed by atoms with van der Waals surface area (Å²) in [6.07, 6.45) is 0.833. The number of methoxy groups -OCH3 is 1. The topological polar surface area (TPSA) is 68.7 Å². The number of hydrogen-bond acceptors (Lipinski definition) is 4. The van der Waals surface area contributed by atoms with Crippen molar-refractivity contribution in [3.63, 3.8) is 0 Å². The van der Waals surface area contributed by atoms with Crippen LogP contribution in [0.3, 0.4) is 0 Å². The number of carbonyl (C=O) groups is 1. The van der Waals surface area contributed by atoms with E-state index in [1.54, 1.807) is 0 Å². The van der Waals surface area contributed by atoms with Gasteiger partial charge in [-0.1, -0.05) is 0 Å². The number of nitrogens with zero attached hydrogens (tertiary/aromatic N) is 1. The lowest BCUT2D eigenvalue weighted by Crippen LogP contribution is -2.03. The third-order valence-corrected chi connectivity index (χ3v) is 2.09. The van der Waals surface area contributed by atoms with Crippen molar-refractivity contribution in [2.75, 3.05) is 7.11 Å². The van der Waals surface area contributed by atoms with Crippen molar-refractivity contribution in [3.8, 4) is 0 Å². The van der Waals surface area contributed by atoms with Crippen LogP contribution >= 0.6 is 0 Å². The maximum absolute atomic E-state index is 10.7. The van der Waals surface area contributed by atoms with Crippen molar-refractivity contribution < 1.29 is 19.4 Å². The van der Waals surface area contributed by atoms with Crippen LogP contribution < -0.4 is 0 Å². The summed E-state index contributed by atoms with van der Waals surface area (Å²) < 4.78 is 10.2. The second-order valence-corrected chi connectivity index (χ2v) is 2.94. The van der Waals surface area contributed by atoms with Crippen LogP contribution in [-0.4, -0.2) is 23.2 Å². The van der Waals surface area contributed by atoms with Crippen molar-refractivity contribution >= 4 is 5.97 Å². The monoisotopic (exact) mass is 195 g/mol. The third kappa shape index (κ3) is 1.36. The van der Waals surface area contributed by atoms with Gasteiger partial charge in [0.1, 0.15) is 0 Å². The lowest BCUT2D eigenvalue weighted by Gasteiger charge is -2.07. The lowest BCUT2D eigenvalue weighted by molar-refractivity contribution is -0.118. The fourth-order valence-corrected chi connectivity index (χ4v) is 1.39. The highest BCUT2D eigenvalue weighted by Gasteiger charge is 2.25. The molecule has 0 bridgehead atoms. The third-order valence-electron chi connectivity index (χ3n) is 2.09. The second-order valence-electron chi connectivity index (χ2n) is 2.94. The van der Waals surface area contributed by atoms with Gasteiger partial charge in [0.25, 0.3) is 0 Å². The summed E-state index contributed by atoms with van der Waals surface area (Å²) >= 11 is 0. The first-order valence-corrected chi connectivity index (χ1v) is 4.09. The molecule has 5 nitrogen and oxygen atoms in total. The largest absolute Gasteiger partial charge is 0.478 e. The molecular formula is C9H9NO4. The lowest BCUT2D eigenvalue weighted by atomic mass is 10.1. The van der Waals surface area contributed by atoms with E-state index >= 15 is 0 Å². The van der Waals surface area contributed by atoms with Gasteiger partial charge in [-0.3, -0.25) is 4.98 Å². The molecule has 1 aliphatic rings. The summed E-state index contributed by atoms with van der Waals surface area (Å²) in [6.45, 7) is 0.369. The summed E-state index contributed by atoms with van der Waals surface area (Å²) in [5.41, 5.74) is 1.59. The highest BCUT2D eigenvalue weighted by Crippen LogP contribution is 2.29. The minimum Gasteiger partial charge on any atom is -0.478 e. The normalized spacial score (nSPS) is 19.4. The zero-order valence-electron chi connectivity index (χ0n) is 7.56. The SMILES string of the molecule is CO[C@@H]1OCc2ncc(C(=O)O)cc21. The molecule has 0 saturated carbocycles. The van der Waals surface area contributed by atoms with Gasteiger partial charge >= 0.3 is 5.97 Å². The Labute approximate surface area is 80.3 Å². The van der Waals surface area contributed by atoms with Crippen LogP contribution in [0.25, 0.3) is 0 Å². The average Bonchev–Trinajstić information content (AvgIpc) is 2.59. The van der Waals surface area contributed by atoms with Crippen molar-refractivity contribution in [1.82, 2.24) is 4.98 Å². The smallest absolute Gasteiger partial charge is 0.337 e. The number of rotatable bonds is 2. The quantitative estimate of drug-likeness (QED) is 0.761. The first-order chi connectivity index (χ1) is 6.72. The molecule has 0 aliphatic carbocycles. The van der Waals surface area contributed by atoms with Gasteiger partial charge in [-0.05, 0) is 6.07 Å². The second kappa shape index (κ2) is 3.36. The Hall–Kier alpha value is -1.46. The molecule has 0 unspecified atom stereocenters. The Kier molecular flexibility index (Phi) is 2.18. The van der Waals surface area contributed by atoms with Gasteiger partial charge in [0.15, 0.2) is 6.29 Å². The molecule has 0 aromatic carbocycles. The van der Waals surface area contributed by atoms with Crippen molar-refractivity contribution in [2.45, 2.75) is 12.9 Å². The number of fused-ring (bicyclic) bond motifs is 1. The van der Waals surface area contributed by atoms with Crippen LogP contribution in [0.1, 0.15) is 27.9 Å². The minimum atomic E-state index is -0.998. The van der Waals surface area contributed by atoms with E-state index in [0.29, 0.717) is 12.2 Å². The Balaban J connectivity index is 2.42. The molecule has 1 N–H and O–H groups in total. The van der Waals surface area contributed by atoms with Crippen LogP contribution in [0.2, 0.25) is 0 Å². The maximum Gasteiger partial charge on any atom is 0.337 e. The van der Waals surface area contributed by atoms with Gasteiger partial charge in [-0.15, -0.1) is 0 Å². The summed E-state index contributed by atoms with van der Waals surface area (Å²) in [5, 5.41) is 8.75. The predicted molar refractivity (Wildman–Crippen MR) is 45.7 cm³/mol. The zero-order chi connectivity index (χ0) is 10.1. The molecule has 0 spiro atoms. The Bertz CT molecular complexity index is 377. The zero-order valence-corrected chi connectivity index (χ0v) is 7.56. The number of ether oxygens (including phenoxy) is 2. The number of carboxylic acids is 1. The van der Waals surface area contributed by atoms with E-state index in [2.05, 4.69) is 4.98 Å². The van der Waals surface area contributed by atoms with E-state index in [-0.39, 0.29) is 5.56 Å². The predicted octanol–water partition coefficient (Wildman–Crippen LogP) is 0.955. The fraction of sp³-hybridized carbons (Fsp3) is 0.333. The van der Waals surface area contributed by atoms with Gasteiger partial charge in [0.2, 0.25) is 0 Å². The van der Waals surface area contributed by atoms with Crippen molar-refractivity contribution in [1.29, 1.82) is 0 Å². The average molecular weight is 195 g/mol. The minimum absolute atomic E-state index is 0.149. The van der Waals surface area contributed by atoms with Crippen LogP contribution in [0, 0.1) is 0 Å². The molecule has 14 heavy (non-hydrogen) atoms. The molecule has 0 amide bonds. The summed E-state index contributed by atoms with van der Waals surface area (Å²) in [7, 11) is 1.51. The van der Waals surface area contributed by atoms with E-state index in [1.165, 1.54) is 19.4 Å².